The van der Waals surface area contributed by atoms with Crippen molar-refractivity contribution in [1.29, 1.82) is 0 Å². The number of nitrogens with zero attached hydrogens (tertiary/aromatic N) is 1. The van der Waals surface area contributed by atoms with Crippen molar-refractivity contribution < 1.29 is 13.9 Å². The number of benzene rings is 2. The van der Waals surface area contributed by atoms with Crippen molar-refractivity contribution >= 4 is 17.2 Å². The first-order valence-electron chi connectivity index (χ1n) is 8.34. The van der Waals surface area contributed by atoms with Gasteiger partial charge in [0.2, 0.25) is 0 Å². The van der Waals surface area contributed by atoms with Crippen LogP contribution in [0.2, 0.25) is 0 Å². The molecule has 3 aromatic rings. The van der Waals surface area contributed by atoms with E-state index in [1.807, 2.05) is 29.6 Å². The van der Waals surface area contributed by atoms with Crippen LogP contribution >= 0.6 is 11.3 Å². The second-order valence-electron chi connectivity index (χ2n) is 6.20. The summed E-state index contributed by atoms with van der Waals surface area (Å²) in [7, 11) is 0. The third-order valence-electron chi connectivity index (χ3n) is 4.53. The number of carbonyl (C=O) groups excluding carboxylic acids is 1. The van der Waals surface area contributed by atoms with Gasteiger partial charge in [-0.05, 0) is 36.1 Å². The highest BCUT2D eigenvalue weighted by molar-refractivity contribution is 7.07. The molecule has 0 radical (unpaired) electrons. The first kappa shape index (κ1) is 16.7. The van der Waals surface area contributed by atoms with Crippen LogP contribution < -0.4 is 10.1 Å². The zero-order valence-corrected chi connectivity index (χ0v) is 15.0. The average Bonchev–Trinajstić information content (AvgIpc) is 3.12. The molecule has 1 N–H and O–H groups in total. The number of rotatable bonds is 3. The minimum atomic E-state index is -0.450. The standard InChI is InChI=1S/C20H17FN2O2S/c1-12-15(9-16-19(18(12)21)25-7-6-22-20(16)24)8-13-2-4-14(5-3-13)17-10-26-11-23-17/h2-5,9-11H,6-8H2,1H3,(H,22,24). The quantitative estimate of drug-likeness (QED) is 0.761. The van der Waals surface area contributed by atoms with Crippen LogP contribution in [0.3, 0.4) is 0 Å². The van der Waals surface area contributed by atoms with E-state index in [0.29, 0.717) is 18.5 Å². The number of fused-ring (bicyclic) bond motifs is 1. The van der Waals surface area contributed by atoms with E-state index < -0.39 is 5.82 Å². The van der Waals surface area contributed by atoms with Gasteiger partial charge in [0.1, 0.15) is 6.61 Å². The Morgan fingerprint density at radius 3 is 2.85 bits per heavy atom. The van der Waals surface area contributed by atoms with Crippen LogP contribution in [0.5, 0.6) is 5.75 Å². The van der Waals surface area contributed by atoms with Crippen molar-refractivity contribution in [3.8, 4) is 17.0 Å². The molecule has 1 aliphatic heterocycles. The monoisotopic (exact) mass is 368 g/mol. The normalized spacial score (nSPS) is 13.5. The van der Waals surface area contributed by atoms with E-state index >= 15 is 0 Å². The first-order chi connectivity index (χ1) is 12.6. The Bertz CT molecular complexity index is 953. The van der Waals surface area contributed by atoms with Gasteiger partial charge in [0, 0.05) is 10.9 Å². The molecule has 1 aliphatic rings. The second-order valence-corrected chi connectivity index (χ2v) is 6.92. The van der Waals surface area contributed by atoms with E-state index in [9.17, 15) is 9.18 Å². The average molecular weight is 368 g/mol. The highest BCUT2D eigenvalue weighted by Crippen LogP contribution is 2.31. The van der Waals surface area contributed by atoms with Crippen molar-refractivity contribution in [2.24, 2.45) is 0 Å². The van der Waals surface area contributed by atoms with Crippen LogP contribution in [-0.4, -0.2) is 24.0 Å². The Morgan fingerprint density at radius 1 is 1.31 bits per heavy atom. The van der Waals surface area contributed by atoms with Gasteiger partial charge in [0.05, 0.1) is 23.3 Å². The van der Waals surface area contributed by atoms with Gasteiger partial charge in [-0.1, -0.05) is 24.3 Å². The van der Waals surface area contributed by atoms with Crippen molar-refractivity contribution in [2.45, 2.75) is 13.3 Å². The Kier molecular flexibility index (Phi) is 4.42. The van der Waals surface area contributed by atoms with Gasteiger partial charge in [-0.15, -0.1) is 11.3 Å². The molecule has 0 aliphatic carbocycles. The number of amides is 1. The Labute approximate surface area is 154 Å². The van der Waals surface area contributed by atoms with Crippen molar-refractivity contribution in [3.63, 3.8) is 0 Å². The summed E-state index contributed by atoms with van der Waals surface area (Å²) in [6, 6.07) is 9.77. The molecule has 1 aromatic heterocycles. The van der Waals surface area contributed by atoms with Crippen LogP contribution in [-0.2, 0) is 6.42 Å². The Balaban J connectivity index is 1.66. The molecule has 4 rings (SSSR count). The molecule has 1 amide bonds. The minimum Gasteiger partial charge on any atom is -0.488 e. The van der Waals surface area contributed by atoms with Gasteiger partial charge in [-0.2, -0.15) is 0 Å². The molecule has 0 fully saturated rings. The summed E-state index contributed by atoms with van der Waals surface area (Å²) in [6.07, 6.45) is 0.542. The lowest BCUT2D eigenvalue weighted by molar-refractivity contribution is 0.0957. The molecule has 4 nitrogen and oxygen atoms in total. The number of nitrogens with one attached hydrogen (secondary N) is 1. The number of ether oxygens (including phenoxy) is 1. The number of hydrogen-bond acceptors (Lipinski definition) is 4. The van der Waals surface area contributed by atoms with Crippen LogP contribution in [0, 0.1) is 12.7 Å². The summed E-state index contributed by atoms with van der Waals surface area (Å²) in [4.78, 5) is 16.5. The molecule has 0 saturated heterocycles. The molecule has 0 spiro atoms. The maximum atomic E-state index is 14.7. The summed E-state index contributed by atoms with van der Waals surface area (Å²) in [5, 5.41) is 4.72. The molecule has 2 aromatic carbocycles. The topological polar surface area (TPSA) is 51.2 Å². The fourth-order valence-electron chi connectivity index (χ4n) is 3.05. The van der Waals surface area contributed by atoms with Crippen molar-refractivity contribution in [3.05, 3.63) is 69.3 Å². The summed E-state index contributed by atoms with van der Waals surface area (Å²) in [5.41, 5.74) is 6.40. The largest absolute Gasteiger partial charge is 0.488 e. The molecule has 6 heteroatoms. The zero-order chi connectivity index (χ0) is 18.1. The molecule has 0 bridgehead atoms. The summed E-state index contributed by atoms with van der Waals surface area (Å²) < 4.78 is 20.2. The van der Waals surface area contributed by atoms with Crippen LogP contribution in [0.25, 0.3) is 11.3 Å². The SMILES string of the molecule is Cc1c(Cc2ccc(-c3cscn3)cc2)cc2c(c1F)OCCNC2=O. The highest BCUT2D eigenvalue weighted by Gasteiger charge is 2.23. The lowest BCUT2D eigenvalue weighted by Crippen LogP contribution is -2.24. The minimum absolute atomic E-state index is 0.0557. The van der Waals surface area contributed by atoms with E-state index in [-0.39, 0.29) is 23.8 Å². The zero-order valence-electron chi connectivity index (χ0n) is 14.2. The maximum absolute atomic E-state index is 14.7. The lowest BCUT2D eigenvalue weighted by Gasteiger charge is -2.14. The first-order valence-corrected chi connectivity index (χ1v) is 9.28. The molecule has 0 unspecified atom stereocenters. The predicted octanol–water partition coefficient (Wildman–Crippen LogP) is 3.97. The Morgan fingerprint density at radius 2 is 2.12 bits per heavy atom. The molecule has 0 atom stereocenters. The van der Waals surface area contributed by atoms with Gasteiger partial charge >= 0.3 is 0 Å². The van der Waals surface area contributed by atoms with Crippen LogP contribution in [0.1, 0.15) is 27.0 Å². The van der Waals surface area contributed by atoms with Crippen LogP contribution in [0.4, 0.5) is 4.39 Å². The molecule has 132 valence electrons. The number of aromatic nitrogens is 1. The van der Waals surface area contributed by atoms with Gasteiger partial charge in [0.15, 0.2) is 11.6 Å². The summed E-state index contributed by atoms with van der Waals surface area (Å²) >= 11 is 1.56. The third kappa shape index (κ3) is 3.08. The van der Waals surface area contributed by atoms with Crippen LogP contribution in [0.15, 0.2) is 41.2 Å². The van der Waals surface area contributed by atoms with E-state index in [1.54, 1.807) is 29.8 Å². The van der Waals surface area contributed by atoms with Gasteiger partial charge in [-0.3, -0.25) is 4.79 Å². The van der Waals surface area contributed by atoms with E-state index in [4.69, 9.17) is 4.74 Å². The number of halogens is 1. The molecule has 2 heterocycles. The fraction of sp³-hybridized carbons (Fsp3) is 0.200. The van der Waals surface area contributed by atoms with Crippen molar-refractivity contribution in [2.75, 3.05) is 13.2 Å². The second kappa shape index (κ2) is 6.88. The number of hydrogen-bond donors (Lipinski definition) is 1. The van der Waals surface area contributed by atoms with Crippen molar-refractivity contribution in [1.82, 2.24) is 10.3 Å². The number of thiazole rings is 1. The van der Waals surface area contributed by atoms with Gasteiger partial charge < -0.3 is 10.1 Å². The fourth-order valence-corrected chi connectivity index (χ4v) is 3.61. The van der Waals surface area contributed by atoms with E-state index in [1.165, 1.54) is 0 Å². The van der Waals surface area contributed by atoms with E-state index in [0.717, 1.165) is 22.4 Å². The number of carbonyl (C=O) groups is 1. The molecular formula is C20H17FN2O2S. The van der Waals surface area contributed by atoms with Gasteiger partial charge in [0.25, 0.3) is 5.91 Å². The highest BCUT2D eigenvalue weighted by atomic mass is 32.1. The summed E-state index contributed by atoms with van der Waals surface area (Å²) in [6.45, 7) is 2.37. The lowest BCUT2D eigenvalue weighted by atomic mass is 9.96. The Hall–Kier alpha value is -2.73. The molecule has 26 heavy (non-hydrogen) atoms. The third-order valence-corrected chi connectivity index (χ3v) is 5.12. The predicted molar refractivity (Wildman–Crippen MR) is 99.3 cm³/mol. The van der Waals surface area contributed by atoms with E-state index in [2.05, 4.69) is 10.3 Å². The summed E-state index contributed by atoms with van der Waals surface area (Å²) in [5.74, 6) is -0.690. The maximum Gasteiger partial charge on any atom is 0.255 e. The van der Waals surface area contributed by atoms with Gasteiger partial charge in [-0.25, -0.2) is 9.37 Å². The smallest absolute Gasteiger partial charge is 0.255 e. The molecule has 0 saturated carbocycles. The molecular weight excluding hydrogens is 351 g/mol.